The Kier molecular flexibility index (Phi) is 5.86. The fraction of sp³-hybridized carbons (Fsp3) is 0.571. The molecule has 4 N–H and O–H groups in total. The van der Waals surface area contributed by atoms with Crippen molar-refractivity contribution < 1.29 is 10.0 Å². The summed E-state index contributed by atoms with van der Waals surface area (Å²) >= 11 is 3.72. The Morgan fingerprint density at radius 1 is 1.33 bits per heavy atom. The monoisotopic (exact) mass is 421 g/mol. The number of hydrogen-bond donors (Lipinski definition) is 3. The molecule has 1 aliphatic rings. The van der Waals surface area contributed by atoms with Gasteiger partial charge in [0.2, 0.25) is 0 Å². The molecule has 21 heavy (non-hydrogen) atoms. The Balaban J connectivity index is 2.20. The molecular formula is C14H20IN3O2S. The summed E-state index contributed by atoms with van der Waals surface area (Å²) in [5.41, 5.74) is 5.83. The number of nitrogens with one attached hydrogen (secondary N) is 1. The average Bonchev–Trinajstić information content (AvgIpc) is 2.88. The quantitative estimate of drug-likeness (QED) is 0.230. The van der Waals surface area contributed by atoms with E-state index in [1.54, 1.807) is 0 Å². The maximum atomic E-state index is 12.5. The Morgan fingerprint density at radius 3 is 2.48 bits per heavy atom. The Bertz CT molecular complexity index is 522. The minimum atomic E-state index is -0.723. The van der Waals surface area contributed by atoms with Gasteiger partial charge in [0.05, 0.1) is 8.45 Å². The molecule has 0 atom stereocenters. The molecular weight excluding hydrogens is 401 g/mol. The van der Waals surface area contributed by atoms with Crippen LogP contribution in [0, 0.1) is 2.88 Å². The lowest BCUT2D eigenvalue weighted by Crippen LogP contribution is -2.57. The van der Waals surface area contributed by atoms with Crippen molar-refractivity contribution in [2.75, 3.05) is 0 Å². The van der Waals surface area contributed by atoms with Crippen molar-refractivity contribution >= 4 is 45.7 Å². The summed E-state index contributed by atoms with van der Waals surface area (Å²) in [6, 6.07) is 1.85. The van der Waals surface area contributed by atoms with Crippen molar-refractivity contribution in [2.45, 2.75) is 50.5 Å². The third-order valence-electron chi connectivity index (χ3n) is 3.99. The van der Waals surface area contributed by atoms with Gasteiger partial charge in [-0.1, -0.05) is 37.3 Å². The van der Waals surface area contributed by atoms with Crippen molar-refractivity contribution in [3.05, 3.63) is 19.9 Å². The Labute approximate surface area is 142 Å². The number of thiophene rings is 1. The summed E-state index contributed by atoms with van der Waals surface area (Å²) in [6.45, 7) is 0. The highest BCUT2D eigenvalue weighted by molar-refractivity contribution is 14.1. The molecule has 1 fully saturated rings. The summed E-state index contributed by atoms with van der Waals surface area (Å²) in [5.74, 6) is -0.0379. The van der Waals surface area contributed by atoms with Crippen molar-refractivity contribution in [3.63, 3.8) is 0 Å². The van der Waals surface area contributed by atoms with E-state index in [-0.39, 0.29) is 11.7 Å². The Morgan fingerprint density at radius 2 is 1.95 bits per heavy atom. The highest BCUT2D eigenvalue weighted by Crippen LogP contribution is 2.27. The first-order valence-corrected chi connectivity index (χ1v) is 9.08. The third-order valence-corrected chi connectivity index (χ3v) is 5.78. The molecule has 0 radical (unpaired) electrons. The van der Waals surface area contributed by atoms with Gasteiger partial charge >= 0.3 is 0 Å². The second-order valence-electron chi connectivity index (χ2n) is 5.43. The molecule has 1 heterocycles. The zero-order chi connectivity index (χ0) is 15.3. The predicted octanol–water partition coefficient (Wildman–Crippen LogP) is 3.31. The van der Waals surface area contributed by atoms with E-state index < -0.39 is 5.54 Å². The third kappa shape index (κ3) is 4.09. The lowest BCUT2D eigenvalue weighted by atomic mass is 9.82. The molecule has 7 heteroatoms. The minimum absolute atomic E-state index is 0.114. The van der Waals surface area contributed by atoms with Crippen LogP contribution < -0.4 is 11.1 Å². The van der Waals surface area contributed by atoms with Gasteiger partial charge in [-0.25, -0.2) is 0 Å². The number of oxime groups is 1. The van der Waals surface area contributed by atoms with E-state index in [0.717, 1.165) is 41.4 Å². The number of rotatable bonds is 3. The topological polar surface area (TPSA) is 87.7 Å². The molecule has 0 bridgehead atoms. The van der Waals surface area contributed by atoms with Crippen LogP contribution in [0.1, 0.15) is 55.3 Å². The SMILES string of the molecule is NC(=NO)C1(NC(=O)c2csc(I)c2)CCCCCCC1. The minimum Gasteiger partial charge on any atom is -0.409 e. The number of halogens is 1. The van der Waals surface area contributed by atoms with E-state index in [9.17, 15) is 4.79 Å². The van der Waals surface area contributed by atoms with Crippen LogP contribution in [0.3, 0.4) is 0 Å². The van der Waals surface area contributed by atoms with Crippen LogP contribution in [-0.4, -0.2) is 22.5 Å². The average molecular weight is 421 g/mol. The molecule has 0 unspecified atom stereocenters. The lowest BCUT2D eigenvalue weighted by Gasteiger charge is -2.35. The second-order valence-corrected chi connectivity index (χ2v) is 8.23. The van der Waals surface area contributed by atoms with Gasteiger partial charge in [-0.05, 0) is 41.5 Å². The first kappa shape index (κ1) is 16.5. The molecule has 1 saturated carbocycles. The molecule has 5 nitrogen and oxygen atoms in total. The molecule has 2 rings (SSSR count). The van der Waals surface area contributed by atoms with Crippen molar-refractivity contribution in [2.24, 2.45) is 10.9 Å². The van der Waals surface area contributed by atoms with E-state index in [2.05, 4.69) is 33.1 Å². The van der Waals surface area contributed by atoms with E-state index in [0.29, 0.717) is 5.56 Å². The maximum absolute atomic E-state index is 12.5. The number of nitrogens with two attached hydrogens (primary N) is 1. The Hall–Kier alpha value is -0.830. The summed E-state index contributed by atoms with van der Waals surface area (Å²) in [4.78, 5) is 12.5. The number of amides is 1. The van der Waals surface area contributed by atoms with E-state index in [4.69, 9.17) is 10.9 Å². The number of hydrogen-bond acceptors (Lipinski definition) is 4. The highest BCUT2D eigenvalue weighted by atomic mass is 127. The van der Waals surface area contributed by atoms with Crippen LogP contribution in [0.2, 0.25) is 0 Å². The largest absolute Gasteiger partial charge is 0.409 e. The number of amidine groups is 1. The summed E-state index contributed by atoms with van der Waals surface area (Å²) in [7, 11) is 0. The van der Waals surface area contributed by atoms with Gasteiger partial charge in [0, 0.05) is 5.38 Å². The number of carbonyl (C=O) groups excluding carboxylic acids is 1. The van der Waals surface area contributed by atoms with Gasteiger partial charge in [-0.3, -0.25) is 4.79 Å². The van der Waals surface area contributed by atoms with Crippen LogP contribution in [0.4, 0.5) is 0 Å². The molecule has 0 aromatic carbocycles. The van der Waals surface area contributed by atoms with Gasteiger partial charge in [-0.2, -0.15) is 0 Å². The van der Waals surface area contributed by atoms with Crippen LogP contribution >= 0.6 is 33.9 Å². The summed E-state index contributed by atoms with van der Waals surface area (Å²) < 4.78 is 1.06. The van der Waals surface area contributed by atoms with Crippen molar-refractivity contribution in [3.8, 4) is 0 Å². The zero-order valence-corrected chi connectivity index (χ0v) is 14.7. The van der Waals surface area contributed by atoms with E-state index >= 15 is 0 Å². The van der Waals surface area contributed by atoms with Crippen LogP contribution in [-0.2, 0) is 0 Å². The zero-order valence-electron chi connectivity index (χ0n) is 11.8. The van der Waals surface area contributed by atoms with Crippen LogP contribution in [0.25, 0.3) is 0 Å². The standard InChI is InChI=1S/C14H20IN3O2S/c15-11-8-10(9-21-11)12(19)17-14(13(16)18-20)6-4-2-1-3-5-7-14/h8-9,20H,1-7H2,(H2,16,18)(H,17,19). The van der Waals surface area contributed by atoms with E-state index in [1.807, 2.05) is 11.4 Å². The number of carbonyl (C=O) groups is 1. The van der Waals surface area contributed by atoms with E-state index in [1.165, 1.54) is 17.8 Å². The summed E-state index contributed by atoms with van der Waals surface area (Å²) in [5, 5.41) is 17.2. The first-order chi connectivity index (χ1) is 10.1. The van der Waals surface area contributed by atoms with Crippen LogP contribution in [0.5, 0.6) is 0 Å². The summed E-state index contributed by atoms with van der Waals surface area (Å²) in [6.07, 6.45) is 6.82. The smallest absolute Gasteiger partial charge is 0.252 e. The predicted molar refractivity (Wildman–Crippen MR) is 93.0 cm³/mol. The fourth-order valence-electron chi connectivity index (χ4n) is 2.77. The molecule has 1 amide bonds. The lowest BCUT2D eigenvalue weighted by molar-refractivity contribution is 0.0911. The van der Waals surface area contributed by atoms with Gasteiger partial charge in [0.25, 0.3) is 5.91 Å². The fourth-order valence-corrected chi connectivity index (χ4v) is 4.09. The van der Waals surface area contributed by atoms with Gasteiger partial charge in [0.15, 0.2) is 5.84 Å². The van der Waals surface area contributed by atoms with Gasteiger partial charge in [-0.15, -0.1) is 11.3 Å². The first-order valence-electron chi connectivity index (χ1n) is 7.12. The second kappa shape index (κ2) is 7.44. The molecule has 1 aromatic heterocycles. The molecule has 116 valence electrons. The molecule has 1 aliphatic carbocycles. The van der Waals surface area contributed by atoms with Gasteiger partial charge < -0.3 is 16.3 Å². The molecule has 1 aromatic rings. The number of nitrogens with zero attached hydrogens (tertiary/aromatic N) is 1. The van der Waals surface area contributed by atoms with Crippen molar-refractivity contribution in [1.29, 1.82) is 0 Å². The molecule has 0 spiro atoms. The molecule has 0 aliphatic heterocycles. The normalized spacial score (nSPS) is 19.6. The van der Waals surface area contributed by atoms with Crippen LogP contribution in [0.15, 0.2) is 16.6 Å². The maximum Gasteiger partial charge on any atom is 0.252 e. The highest BCUT2D eigenvalue weighted by Gasteiger charge is 2.37. The van der Waals surface area contributed by atoms with Crippen molar-refractivity contribution in [1.82, 2.24) is 5.32 Å². The van der Waals surface area contributed by atoms with Gasteiger partial charge in [0.1, 0.15) is 5.54 Å². The molecule has 0 saturated heterocycles.